The van der Waals surface area contributed by atoms with Crippen molar-refractivity contribution in [3.05, 3.63) is 58.6 Å². The Morgan fingerprint density at radius 1 is 1.03 bits per heavy atom. The lowest BCUT2D eigenvalue weighted by atomic mass is 10.2. The Bertz CT molecular complexity index is 1070. The number of anilines is 1. The quantitative estimate of drug-likeness (QED) is 0.425. The minimum absolute atomic E-state index is 0.0563. The third kappa shape index (κ3) is 7.35. The summed E-state index contributed by atoms with van der Waals surface area (Å²) in [4.78, 5) is 35.7. The van der Waals surface area contributed by atoms with Crippen molar-refractivity contribution in [1.29, 1.82) is 0 Å². The summed E-state index contributed by atoms with van der Waals surface area (Å²) in [7, 11) is -4.04. The van der Waals surface area contributed by atoms with Gasteiger partial charge in [-0.2, -0.15) is 0 Å². The molecule has 3 N–H and O–H groups in total. The molecule has 0 saturated heterocycles. The number of hydrogen-bond acceptors (Lipinski definition) is 7. The summed E-state index contributed by atoms with van der Waals surface area (Å²) in [6.45, 7) is 1.68. The van der Waals surface area contributed by atoms with Gasteiger partial charge < -0.3 is 14.8 Å². The van der Waals surface area contributed by atoms with Crippen LogP contribution < -0.4 is 10.5 Å². The number of ether oxygens (including phenoxy) is 2. The molecular formula is C20H21ClN2O7S. The second kappa shape index (κ2) is 10.9. The van der Waals surface area contributed by atoms with E-state index in [1.54, 1.807) is 0 Å². The van der Waals surface area contributed by atoms with Crippen LogP contribution in [-0.4, -0.2) is 39.5 Å². The minimum atomic E-state index is -4.04. The van der Waals surface area contributed by atoms with Crippen LogP contribution in [0.25, 0.3) is 0 Å². The first kappa shape index (κ1) is 24.3. The number of hydrogen-bond donors (Lipinski definition) is 2. The van der Waals surface area contributed by atoms with Gasteiger partial charge in [-0.3, -0.25) is 4.79 Å². The third-order valence-electron chi connectivity index (χ3n) is 3.96. The molecule has 0 spiro atoms. The van der Waals surface area contributed by atoms with E-state index in [0.717, 1.165) is 25.0 Å². The van der Waals surface area contributed by atoms with Crippen LogP contribution in [0, 0.1) is 0 Å². The van der Waals surface area contributed by atoms with Gasteiger partial charge in [0.15, 0.2) is 6.61 Å². The predicted octanol–water partition coefficient (Wildman–Crippen LogP) is 2.74. The third-order valence-corrected chi connectivity index (χ3v) is 5.20. The van der Waals surface area contributed by atoms with E-state index >= 15 is 0 Å². The Morgan fingerprint density at radius 3 is 2.32 bits per heavy atom. The highest BCUT2D eigenvalue weighted by Gasteiger charge is 2.18. The Labute approximate surface area is 184 Å². The smallest absolute Gasteiger partial charge is 0.340 e. The molecule has 0 bridgehead atoms. The molecular weight excluding hydrogens is 448 g/mol. The normalized spacial score (nSPS) is 10.9. The van der Waals surface area contributed by atoms with Gasteiger partial charge in [-0.25, -0.2) is 23.1 Å². The van der Waals surface area contributed by atoms with Crippen LogP contribution in [0.15, 0.2) is 47.4 Å². The maximum absolute atomic E-state index is 12.2. The molecule has 0 unspecified atom stereocenters. The largest absolute Gasteiger partial charge is 0.462 e. The van der Waals surface area contributed by atoms with Crippen molar-refractivity contribution >= 4 is 45.2 Å². The van der Waals surface area contributed by atoms with Crippen molar-refractivity contribution in [3.63, 3.8) is 0 Å². The first-order chi connectivity index (χ1) is 14.6. The van der Waals surface area contributed by atoms with Crippen LogP contribution in [0.1, 0.15) is 40.5 Å². The zero-order valence-electron chi connectivity index (χ0n) is 16.6. The lowest BCUT2D eigenvalue weighted by Crippen LogP contribution is -2.21. The number of amides is 1. The van der Waals surface area contributed by atoms with Gasteiger partial charge in [-0.1, -0.05) is 24.9 Å². The van der Waals surface area contributed by atoms with E-state index in [-0.39, 0.29) is 15.5 Å². The average Bonchev–Trinajstić information content (AvgIpc) is 2.72. The number of nitrogens with two attached hydrogens (primary N) is 1. The molecule has 2 aromatic carbocycles. The van der Waals surface area contributed by atoms with Crippen molar-refractivity contribution in [2.24, 2.45) is 5.14 Å². The summed E-state index contributed by atoms with van der Waals surface area (Å²) in [6, 6.07) is 9.29. The minimum Gasteiger partial charge on any atom is -0.462 e. The highest BCUT2D eigenvalue weighted by molar-refractivity contribution is 7.89. The summed E-state index contributed by atoms with van der Waals surface area (Å²) in [6.07, 6.45) is 1.68. The molecule has 0 heterocycles. The zero-order valence-corrected chi connectivity index (χ0v) is 18.2. The standard InChI is InChI=1S/C20H21ClN2O7S/c1-2-3-10-29-19(25)13-4-6-14(7-5-13)23-18(24)12-30-20(26)16-11-15(31(22,27)28)8-9-17(16)21/h4-9,11H,2-3,10,12H2,1H3,(H,23,24)(H2,22,27,28). The van der Waals surface area contributed by atoms with Crippen LogP contribution in [0.4, 0.5) is 5.69 Å². The summed E-state index contributed by atoms with van der Waals surface area (Å²) in [5.74, 6) is -2.10. The van der Waals surface area contributed by atoms with Crippen LogP contribution in [0.2, 0.25) is 5.02 Å². The van der Waals surface area contributed by atoms with Crippen molar-refractivity contribution in [3.8, 4) is 0 Å². The Balaban J connectivity index is 1.92. The van der Waals surface area contributed by atoms with E-state index in [1.807, 2.05) is 6.92 Å². The number of esters is 2. The number of carbonyl (C=O) groups excluding carboxylic acids is 3. The van der Waals surface area contributed by atoms with E-state index in [4.69, 9.17) is 26.2 Å². The molecule has 166 valence electrons. The Hall–Kier alpha value is -2.95. The molecule has 0 aliphatic rings. The van der Waals surface area contributed by atoms with Crippen molar-refractivity contribution in [1.82, 2.24) is 0 Å². The molecule has 0 atom stereocenters. The van der Waals surface area contributed by atoms with Crippen molar-refractivity contribution in [2.75, 3.05) is 18.5 Å². The van der Waals surface area contributed by atoms with Gasteiger partial charge in [0, 0.05) is 5.69 Å². The van der Waals surface area contributed by atoms with Gasteiger partial charge in [0.25, 0.3) is 5.91 Å². The average molecular weight is 469 g/mol. The topological polar surface area (TPSA) is 142 Å². The van der Waals surface area contributed by atoms with Crippen LogP contribution in [-0.2, 0) is 24.3 Å². The van der Waals surface area contributed by atoms with Gasteiger partial charge >= 0.3 is 11.9 Å². The lowest BCUT2D eigenvalue weighted by molar-refractivity contribution is -0.119. The number of halogens is 1. The number of unbranched alkanes of at least 4 members (excludes halogenated alkanes) is 1. The van der Waals surface area contributed by atoms with Crippen LogP contribution in [0.5, 0.6) is 0 Å². The SMILES string of the molecule is CCCCOC(=O)c1ccc(NC(=O)COC(=O)c2cc(S(N)(=O)=O)ccc2Cl)cc1. The van der Waals surface area contributed by atoms with Gasteiger partial charge in [0.05, 0.1) is 27.7 Å². The number of rotatable bonds is 9. The summed E-state index contributed by atoms with van der Waals surface area (Å²) in [5, 5.41) is 7.47. The molecule has 0 radical (unpaired) electrons. The van der Waals surface area contributed by atoms with Crippen molar-refractivity contribution in [2.45, 2.75) is 24.7 Å². The molecule has 9 nitrogen and oxygen atoms in total. The number of nitrogens with one attached hydrogen (secondary N) is 1. The molecule has 0 aliphatic heterocycles. The summed E-state index contributed by atoms with van der Waals surface area (Å²) >= 11 is 5.89. The molecule has 0 saturated carbocycles. The van der Waals surface area contributed by atoms with E-state index < -0.39 is 34.5 Å². The van der Waals surface area contributed by atoms with Crippen LogP contribution in [0.3, 0.4) is 0 Å². The molecule has 1 amide bonds. The van der Waals surface area contributed by atoms with E-state index in [2.05, 4.69) is 5.32 Å². The van der Waals surface area contributed by atoms with Gasteiger partial charge in [0.2, 0.25) is 10.0 Å². The molecule has 0 aliphatic carbocycles. The number of benzene rings is 2. The van der Waals surface area contributed by atoms with Gasteiger partial charge in [-0.15, -0.1) is 0 Å². The van der Waals surface area contributed by atoms with Gasteiger partial charge in [0.1, 0.15) is 0 Å². The maximum atomic E-state index is 12.2. The molecule has 11 heteroatoms. The fourth-order valence-electron chi connectivity index (χ4n) is 2.33. The van der Waals surface area contributed by atoms with E-state index in [1.165, 1.54) is 30.3 Å². The fourth-order valence-corrected chi connectivity index (χ4v) is 3.06. The molecule has 31 heavy (non-hydrogen) atoms. The molecule has 2 aromatic rings. The Kier molecular flexibility index (Phi) is 8.55. The van der Waals surface area contributed by atoms with Gasteiger partial charge in [-0.05, 0) is 48.9 Å². The lowest BCUT2D eigenvalue weighted by Gasteiger charge is -2.09. The first-order valence-corrected chi connectivity index (χ1v) is 11.1. The zero-order chi connectivity index (χ0) is 23.0. The molecule has 0 fully saturated rings. The first-order valence-electron chi connectivity index (χ1n) is 9.18. The maximum Gasteiger partial charge on any atom is 0.340 e. The summed E-state index contributed by atoms with van der Waals surface area (Å²) < 4.78 is 32.8. The molecule has 0 aromatic heterocycles. The molecule has 2 rings (SSSR count). The monoisotopic (exact) mass is 468 g/mol. The highest BCUT2D eigenvalue weighted by Crippen LogP contribution is 2.21. The highest BCUT2D eigenvalue weighted by atomic mass is 35.5. The summed E-state index contributed by atoms with van der Waals surface area (Å²) in [5.41, 5.74) is 0.470. The number of carbonyl (C=O) groups is 3. The Morgan fingerprint density at radius 2 is 1.71 bits per heavy atom. The second-order valence-corrected chi connectivity index (χ2v) is 8.35. The number of sulfonamides is 1. The van der Waals surface area contributed by atoms with Crippen molar-refractivity contribution < 1.29 is 32.3 Å². The van der Waals surface area contributed by atoms with E-state index in [9.17, 15) is 22.8 Å². The van der Waals surface area contributed by atoms with E-state index in [0.29, 0.717) is 17.9 Å². The second-order valence-electron chi connectivity index (χ2n) is 6.38. The van der Waals surface area contributed by atoms with Crippen LogP contribution >= 0.6 is 11.6 Å². The fraction of sp³-hybridized carbons (Fsp3) is 0.250. The predicted molar refractivity (Wildman–Crippen MR) is 113 cm³/mol. The number of primary sulfonamides is 1.